The van der Waals surface area contributed by atoms with Gasteiger partial charge in [-0.05, 0) is 38.5 Å². The summed E-state index contributed by atoms with van der Waals surface area (Å²) in [4.78, 5) is 12.1. The first-order valence-electron chi connectivity index (χ1n) is 7.00. The van der Waals surface area contributed by atoms with E-state index >= 15 is 0 Å². The van der Waals surface area contributed by atoms with Crippen LogP contribution in [0.1, 0.15) is 44.2 Å². The summed E-state index contributed by atoms with van der Waals surface area (Å²) >= 11 is 3.50. The van der Waals surface area contributed by atoms with Gasteiger partial charge in [0, 0.05) is 22.4 Å². The van der Waals surface area contributed by atoms with Crippen LogP contribution in [0.3, 0.4) is 0 Å². The molecule has 1 aromatic carbocycles. The summed E-state index contributed by atoms with van der Waals surface area (Å²) in [6, 6.07) is 8.12. The molecule has 1 amide bonds. The van der Waals surface area contributed by atoms with E-state index in [4.69, 9.17) is 0 Å². The van der Waals surface area contributed by atoms with Gasteiger partial charge >= 0.3 is 0 Å². The highest BCUT2D eigenvalue weighted by atomic mass is 79.9. The highest BCUT2D eigenvalue weighted by molar-refractivity contribution is 9.10. The molecule has 1 aliphatic heterocycles. The summed E-state index contributed by atoms with van der Waals surface area (Å²) in [5.74, 6) is 0.921. The number of hydrogen-bond acceptors (Lipinski definition) is 2. The van der Waals surface area contributed by atoms with Crippen LogP contribution in [-0.4, -0.2) is 15.7 Å². The summed E-state index contributed by atoms with van der Waals surface area (Å²) in [5, 5.41) is 7.47. The maximum absolute atomic E-state index is 12.1. The van der Waals surface area contributed by atoms with E-state index < -0.39 is 0 Å². The van der Waals surface area contributed by atoms with Gasteiger partial charge in [-0.25, -0.2) is 4.68 Å². The molecule has 0 unspecified atom stereocenters. The van der Waals surface area contributed by atoms with Crippen molar-refractivity contribution in [1.82, 2.24) is 9.78 Å². The fourth-order valence-electron chi connectivity index (χ4n) is 2.75. The van der Waals surface area contributed by atoms with E-state index in [-0.39, 0.29) is 17.4 Å². The fraction of sp³-hybridized carbons (Fsp3) is 0.375. The molecule has 0 radical (unpaired) electrons. The quantitative estimate of drug-likeness (QED) is 0.850. The Bertz CT molecular complexity index is 700. The van der Waals surface area contributed by atoms with Crippen LogP contribution >= 0.6 is 15.9 Å². The van der Waals surface area contributed by atoms with Gasteiger partial charge in [0.25, 0.3) is 0 Å². The number of fused-ring (bicyclic) bond motifs is 1. The van der Waals surface area contributed by atoms with Gasteiger partial charge in [0.1, 0.15) is 5.82 Å². The third-order valence-electron chi connectivity index (χ3n) is 3.71. The van der Waals surface area contributed by atoms with E-state index in [0.717, 1.165) is 21.4 Å². The second kappa shape index (κ2) is 4.98. The molecule has 2 heterocycles. The Balaban J connectivity index is 2.11. The Kier molecular flexibility index (Phi) is 3.40. The van der Waals surface area contributed by atoms with Crippen molar-refractivity contribution in [1.29, 1.82) is 0 Å². The number of rotatable bonds is 1. The summed E-state index contributed by atoms with van der Waals surface area (Å²) in [6.07, 6.45) is 2.34. The lowest BCUT2D eigenvalue weighted by atomic mass is 9.87. The van der Waals surface area contributed by atoms with Gasteiger partial charge in [-0.1, -0.05) is 28.1 Å². The van der Waals surface area contributed by atoms with Crippen molar-refractivity contribution in [3.63, 3.8) is 0 Å². The number of anilines is 1. The monoisotopic (exact) mass is 347 g/mol. The number of hydrogen-bond donors (Lipinski definition) is 1. The average molecular weight is 348 g/mol. The Hall–Kier alpha value is -1.62. The third-order valence-corrected chi connectivity index (χ3v) is 4.20. The van der Waals surface area contributed by atoms with E-state index in [2.05, 4.69) is 59.2 Å². The average Bonchev–Trinajstić information content (AvgIpc) is 2.81. The maximum Gasteiger partial charge on any atom is 0.226 e. The van der Waals surface area contributed by atoms with Crippen LogP contribution in [0, 0.1) is 0 Å². The van der Waals surface area contributed by atoms with Gasteiger partial charge in [-0.15, -0.1) is 0 Å². The molecule has 1 aliphatic rings. The molecule has 110 valence electrons. The molecule has 3 rings (SSSR count). The standard InChI is InChI=1S/C16H18BrN3O/c1-16(2,3)20-15-13(9-18-20)12(8-14(21)19-15)10-5-4-6-11(17)7-10/h4-7,9,12H,8H2,1-3H3,(H,19,21)/t12-/m1/s1. The molecule has 1 aromatic heterocycles. The van der Waals surface area contributed by atoms with Crippen LogP contribution in [0.4, 0.5) is 5.82 Å². The first kappa shape index (κ1) is 14.3. The maximum atomic E-state index is 12.1. The van der Waals surface area contributed by atoms with E-state index in [1.54, 1.807) is 0 Å². The summed E-state index contributed by atoms with van der Waals surface area (Å²) < 4.78 is 2.92. The number of carbonyl (C=O) groups is 1. The molecule has 0 saturated heterocycles. The molecule has 0 fully saturated rings. The Morgan fingerprint density at radius 1 is 1.38 bits per heavy atom. The van der Waals surface area contributed by atoms with Crippen LogP contribution in [0.15, 0.2) is 34.9 Å². The van der Waals surface area contributed by atoms with Gasteiger partial charge in [0.2, 0.25) is 5.91 Å². The molecule has 0 aliphatic carbocycles. The van der Waals surface area contributed by atoms with Crippen molar-refractivity contribution in [2.24, 2.45) is 0 Å². The first-order valence-corrected chi connectivity index (χ1v) is 7.79. The zero-order chi connectivity index (χ0) is 15.2. The lowest BCUT2D eigenvalue weighted by Crippen LogP contribution is -2.30. The Morgan fingerprint density at radius 3 is 2.81 bits per heavy atom. The molecular formula is C16H18BrN3O. The van der Waals surface area contributed by atoms with Crippen molar-refractivity contribution in [3.8, 4) is 0 Å². The van der Waals surface area contributed by atoms with Gasteiger partial charge in [-0.2, -0.15) is 5.10 Å². The number of nitrogens with zero attached hydrogens (tertiary/aromatic N) is 2. The Labute approximate surface area is 132 Å². The van der Waals surface area contributed by atoms with Gasteiger partial charge in [-0.3, -0.25) is 4.79 Å². The summed E-state index contributed by atoms with van der Waals surface area (Å²) in [6.45, 7) is 6.24. The zero-order valence-electron chi connectivity index (χ0n) is 12.4. The van der Waals surface area contributed by atoms with E-state index in [1.165, 1.54) is 0 Å². The minimum Gasteiger partial charge on any atom is -0.311 e. The van der Waals surface area contributed by atoms with Crippen LogP contribution in [0.25, 0.3) is 0 Å². The van der Waals surface area contributed by atoms with E-state index in [9.17, 15) is 4.79 Å². The Morgan fingerprint density at radius 2 is 2.14 bits per heavy atom. The molecule has 0 bridgehead atoms. The van der Waals surface area contributed by atoms with Crippen molar-refractivity contribution >= 4 is 27.7 Å². The van der Waals surface area contributed by atoms with Crippen LogP contribution < -0.4 is 5.32 Å². The van der Waals surface area contributed by atoms with Gasteiger partial charge in [0.05, 0.1) is 11.7 Å². The third kappa shape index (κ3) is 2.62. The first-order chi connectivity index (χ1) is 9.86. The molecule has 0 spiro atoms. The summed E-state index contributed by atoms with van der Waals surface area (Å²) in [5.41, 5.74) is 2.05. The number of halogens is 1. The van der Waals surface area contributed by atoms with Crippen LogP contribution in [-0.2, 0) is 10.3 Å². The van der Waals surface area contributed by atoms with Gasteiger partial charge in [0.15, 0.2) is 0 Å². The second-order valence-corrected chi connectivity index (χ2v) is 7.31. The molecule has 0 saturated carbocycles. The predicted molar refractivity (Wildman–Crippen MR) is 86.5 cm³/mol. The number of carbonyl (C=O) groups excluding carboxylic acids is 1. The molecule has 21 heavy (non-hydrogen) atoms. The lowest BCUT2D eigenvalue weighted by Gasteiger charge is -2.28. The van der Waals surface area contributed by atoms with Crippen molar-refractivity contribution < 1.29 is 4.79 Å². The predicted octanol–water partition coefficient (Wildman–Crippen LogP) is 3.87. The number of benzene rings is 1. The van der Waals surface area contributed by atoms with Crippen molar-refractivity contribution in [3.05, 3.63) is 46.1 Å². The molecule has 5 heteroatoms. The number of aromatic nitrogens is 2. The highest BCUT2D eigenvalue weighted by Gasteiger charge is 2.32. The topological polar surface area (TPSA) is 46.9 Å². The largest absolute Gasteiger partial charge is 0.311 e. The molecule has 2 aromatic rings. The molecular weight excluding hydrogens is 330 g/mol. The van der Waals surface area contributed by atoms with Crippen molar-refractivity contribution in [2.45, 2.75) is 38.6 Å². The molecule has 1 N–H and O–H groups in total. The highest BCUT2D eigenvalue weighted by Crippen LogP contribution is 2.39. The minimum absolute atomic E-state index is 0.0403. The smallest absolute Gasteiger partial charge is 0.226 e. The minimum atomic E-state index is -0.167. The van der Waals surface area contributed by atoms with Crippen LogP contribution in [0.5, 0.6) is 0 Å². The van der Waals surface area contributed by atoms with E-state index in [1.807, 2.05) is 23.0 Å². The molecule has 1 atom stereocenters. The van der Waals surface area contributed by atoms with Crippen LogP contribution in [0.2, 0.25) is 0 Å². The number of nitrogens with one attached hydrogen (secondary N) is 1. The fourth-order valence-corrected chi connectivity index (χ4v) is 3.17. The second-order valence-electron chi connectivity index (χ2n) is 6.39. The summed E-state index contributed by atoms with van der Waals surface area (Å²) in [7, 11) is 0. The van der Waals surface area contributed by atoms with Crippen molar-refractivity contribution in [2.75, 3.05) is 5.32 Å². The van der Waals surface area contributed by atoms with E-state index in [0.29, 0.717) is 6.42 Å². The SMILES string of the molecule is CC(C)(C)n1ncc2c1NC(=O)C[C@@H]2c1cccc(Br)c1. The number of amides is 1. The molecule has 4 nitrogen and oxygen atoms in total. The lowest BCUT2D eigenvalue weighted by molar-refractivity contribution is -0.116. The normalized spacial score (nSPS) is 18.3. The zero-order valence-corrected chi connectivity index (χ0v) is 13.9. The van der Waals surface area contributed by atoms with Gasteiger partial charge < -0.3 is 5.32 Å².